The van der Waals surface area contributed by atoms with E-state index in [9.17, 15) is 22.0 Å². The number of rotatable bonds is 5. The zero-order chi connectivity index (χ0) is 15.0. The van der Waals surface area contributed by atoms with Gasteiger partial charge in [-0.2, -0.15) is 4.31 Å². The van der Waals surface area contributed by atoms with E-state index >= 15 is 0 Å². The van der Waals surface area contributed by atoms with Crippen molar-refractivity contribution < 1.29 is 27.1 Å². The predicted molar refractivity (Wildman–Crippen MR) is 63.0 cm³/mol. The van der Waals surface area contributed by atoms with Crippen molar-refractivity contribution in [2.45, 2.75) is 25.2 Å². The zero-order valence-corrected chi connectivity index (χ0v) is 11.4. The van der Waals surface area contributed by atoms with Gasteiger partial charge in [-0.3, -0.25) is 0 Å². The number of alkyl halides is 2. The van der Waals surface area contributed by atoms with Crippen molar-refractivity contribution in [2.24, 2.45) is 0 Å². The Morgan fingerprint density at radius 3 is 2.32 bits per heavy atom. The van der Waals surface area contributed by atoms with E-state index in [1.807, 2.05) is 0 Å². The van der Waals surface area contributed by atoms with Crippen LogP contribution in [0, 0.1) is 13.8 Å². The molecule has 19 heavy (non-hydrogen) atoms. The van der Waals surface area contributed by atoms with E-state index in [0.717, 1.165) is 7.05 Å². The quantitative estimate of drug-likeness (QED) is 0.854. The molecular formula is C10H14F2N2O4S. The Kier molecular flexibility index (Phi) is 4.31. The maximum atomic E-state index is 12.3. The van der Waals surface area contributed by atoms with Gasteiger partial charge in [-0.15, -0.1) is 0 Å². The number of hydrogen-bond donors (Lipinski definition) is 2. The van der Waals surface area contributed by atoms with Gasteiger partial charge < -0.3 is 10.1 Å². The average Bonchev–Trinajstić information content (AvgIpc) is 2.53. The number of aryl methyl sites for hydroxylation is 1. The highest BCUT2D eigenvalue weighted by Crippen LogP contribution is 2.26. The van der Waals surface area contributed by atoms with Gasteiger partial charge in [0.1, 0.15) is 10.6 Å². The molecule has 9 heteroatoms. The van der Waals surface area contributed by atoms with E-state index in [-0.39, 0.29) is 21.8 Å². The van der Waals surface area contributed by atoms with E-state index in [2.05, 4.69) is 4.98 Å². The standard InChI is InChI=1S/C10H14F2N2O4S/c1-5-8(10(15)16)13-6(2)9(5)19(17,18)14(3)4-7(11)12/h7,13H,4H2,1-3H3,(H,15,16). The highest BCUT2D eigenvalue weighted by Gasteiger charge is 2.30. The first kappa shape index (κ1) is 15.6. The highest BCUT2D eigenvalue weighted by molar-refractivity contribution is 7.89. The molecule has 2 N–H and O–H groups in total. The van der Waals surface area contributed by atoms with Gasteiger partial charge in [-0.05, 0) is 13.8 Å². The Labute approximate surface area is 109 Å². The number of nitrogens with zero attached hydrogens (tertiary/aromatic N) is 1. The molecule has 0 saturated heterocycles. The molecule has 0 bridgehead atoms. The van der Waals surface area contributed by atoms with E-state index in [1.165, 1.54) is 13.8 Å². The van der Waals surface area contributed by atoms with Crippen LogP contribution in [0.4, 0.5) is 8.78 Å². The lowest BCUT2D eigenvalue weighted by molar-refractivity contribution is 0.0690. The highest BCUT2D eigenvalue weighted by atomic mass is 32.2. The molecule has 1 heterocycles. The number of nitrogens with one attached hydrogen (secondary N) is 1. The fourth-order valence-electron chi connectivity index (χ4n) is 1.78. The normalized spacial score (nSPS) is 12.4. The summed E-state index contributed by atoms with van der Waals surface area (Å²) >= 11 is 0. The minimum absolute atomic E-state index is 0.00566. The molecule has 1 rings (SSSR count). The number of sulfonamides is 1. The van der Waals surface area contributed by atoms with E-state index in [1.54, 1.807) is 0 Å². The van der Waals surface area contributed by atoms with Crippen molar-refractivity contribution in [2.75, 3.05) is 13.6 Å². The summed E-state index contributed by atoms with van der Waals surface area (Å²) in [6.45, 7) is 1.74. The minimum atomic E-state index is -4.15. The summed E-state index contributed by atoms with van der Waals surface area (Å²) in [6, 6.07) is 0. The summed E-state index contributed by atoms with van der Waals surface area (Å²) in [5.41, 5.74) is -0.149. The Balaban J connectivity index is 3.34. The monoisotopic (exact) mass is 296 g/mol. The first-order valence-electron chi connectivity index (χ1n) is 5.26. The third-order valence-corrected chi connectivity index (χ3v) is 4.74. The van der Waals surface area contributed by atoms with Crippen LogP contribution in [0.25, 0.3) is 0 Å². The molecule has 0 aromatic carbocycles. The number of H-pyrrole nitrogens is 1. The van der Waals surface area contributed by atoms with Gasteiger partial charge in [0.15, 0.2) is 0 Å². The fraction of sp³-hybridized carbons (Fsp3) is 0.500. The molecule has 0 aliphatic carbocycles. The summed E-state index contributed by atoms with van der Waals surface area (Å²) in [5, 5.41) is 8.89. The molecule has 0 aliphatic heterocycles. The second-order valence-electron chi connectivity index (χ2n) is 4.06. The molecule has 1 aromatic rings. The molecular weight excluding hydrogens is 282 g/mol. The van der Waals surface area contributed by atoms with Gasteiger partial charge in [-0.25, -0.2) is 22.0 Å². The number of hydrogen-bond acceptors (Lipinski definition) is 3. The Hall–Kier alpha value is -1.48. The molecule has 0 saturated carbocycles. The van der Waals surface area contributed by atoms with Gasteiger partial charge in [-0.1, -0.05) is 0 Å². The maximum Gasteiger partial charge on any atom is 0.352 e. The summed E-state index contributed by atoms with van der Waals surface area (Å²) < 4.78 is 49.3. The molecule has 0 unspecified atom stereocenters. The second kappa shape index (κ2) is 5.25. The van der Waals surface area contributed by atoms with Crippen LogP contribution >= 0.6 is 0 Å². The molecule has 0 spiro atoms. The number of halogens is 2. The second-order valence-corrected chi connectivity index (χ2v) is 6.04. The van der Waals surface area contributed by atoms with Crippen molar-refractivity contribution in [1.29, 1.82) is 0 Å². The molecule has 0 amide bonds. The number of carboxylic acid groups (broad SMARTS) is 1. The van der Waals surface area contributed by atoms with Crippen molar-refractivity contribution in [3.63, 3.8) is 0 Å². The lowest BCUT2D eigenvalue weighted by atomic mass is 10.2. The van der Waals surface area contributed by atoms with Crippen LogP contribution in [-0.4, -0.2) is 48.8 Å². The Morgan fingerprint density at radius 2 is 1.95 bits per heavy atom. The van der Waals surface area contributed by atoms with Crippen LogP contribution < -0.4 is 0 Å². The SMILES string of the molecule is Cc1[nH]c(C(=O)O)c(C)c1S(=O)(=O)N(C)CC(F)F. The van der Waals surface area contributed by atoms with E-state index in [0.29, 0.717) is 4.31 Å². The van der Waals surface area contributed by atoms with Crippen LogP contribution in [0.15, 0.2) is 4.90 Å². The van der Waals surface area contributed by atoms with Crippen molar-refractivity contribution >= 4 is 16.0 Å². The van der Waals surface area contributed by atoms with E-state index in [4.69, 9.17) is 5.11 Å². The average molecular weight is 296 g/mol. The molecule has 108 valence electrons. The predicted octanol–water partition coefficient (Wildman–Crippen LogP) is 1.22. The molecule has 0 fully saturated rings. The lowest BCUT2D eigenvalue weighted by Crippen LogP contribution is -2.32. The van der Waals surface area contributed by atoms with Gasteiger partial charge >= 0.3 is 5.97 Å². The first-order valence-corrected chi connectivity index (χ1v) is 6.70. The van der Waals surface area contributed by atoms with Gasteiger partial charge in [0.2, 0.25) is 10.0 Å². The van der Waals surface area contributed by atoms with Crippen LogP contribution in [-0.2, 0) is 10.0 Å². The van der Waals surface area contributed by atoms with Crippen molar-refractivity contribution in [3.05, 3.63) is 17.0 Å². The third-order valence-electron chi connectivity index (χ3n) is 2.65. The number of aromatic carboxylic acids is 1. The molecule has 1 aromatic heterocycles. The molecule has 6 nitrogen and oxygen atoms in total. The summed E-state index contributed by atoms with van der Waals surface area (Å²) in [4.78, 5) is 13.1. The summed E-state index contributed by atoms with van der Waals surface area (Å²) in [6.07, 6.45) is -2.81. The molecule has 0 radical (unpaired) electrons. The maximum absolute atomic E-state index is 12.3. The number of aromatic nitrogens is 1. The lowest BCUT2D eigenvalue weighted by Gasteiger charge is -2.17. The molecule has 0 aliphatic rings. The minimum Gasteiger partial charge on any atom is -0.477 e. The topological polar surface area (TPSA) is 90.5 Å². The fourth-order valence-corrected chi connectivity index (χ4v) is 3.33. The van der Waals surface area contributed by atoms with Crippen LogP contribution in [0.5, 0.6) is 0 Å². The Morgan fingerprint density at radius 1 is 1.42 bits per heavy atom. The number of carboxylic acids is 1. The van der Waals surface area contributed by atoms with Crippen molar-refractivity contribution in [3.8, 4) is 0 Å². The largest absolute Gasteiger partial charge is 0.477 e. The summed E-state index contributed by atoms with van der Waals surface area (Å²) in [7, 11) is -3.13. The third kappa shape index (κ3) is 2.92. The van der Waals surface area contributed by atoms with Crippen LogP contribution in [0.3, 0.4) is 0 Å². The first-order chi connectivity index (χ1) is 8.59. The Bertz CT molecular complexity index is 595. The van der Waals surface area contributed by atoms with Crippen molar-refractivity contribution in [1.82, 2.24) is 9.29 Å². The zero-order valence-electron chi connectivity index (χ0n) is 10.6. The van der Waals surface area contributed by atoms with Crippen LogP contribution in [0.2, 0.25) is 0 Å². The van der Waals surface area contributed by atoms with Crippen LogP contribution in [0.1, 0.15) is 21.7 Å². The van der Waals surface area contributed by atoms with E-state index < -0.39 is 29.0 Å². The van der Waals surface area contributed by atoms with Gasteiger partial charge in [0.25, 0.3) is 6.43 Å². The number of carbonyl (C=O) groups is 1. The van der Waals surface area contributed by atoms with Gasteiger partial charge in [0.05, 0.1) is 6.54 Å². The smallest absolute Gasteiger partial charge is 0.352 e. The number of aromatic amines is 1. The molecule has 0 atom stereocenters. The summed E-state index contributed by atoms with van der Waals surface area (Å²) in [5.74, 6) is -1.31. The van der Waals surface area contributed by atoms with Gasteiger partial charge in [0, 0.05) is 18.3 Å².